The van der Waals surface area contributed by atoms with Crippen LogP contribution >= 0.6 is 17.0 Å². The van der Waals surface area contributed by atoms with E-state index >= 15 is 0 Å². The van der Waals surface area contributed by atoms with Crippen LogP contribution in [0.5, 0.6) is 0 Å². The van der Waals surface area contributed by atoms with E-state index in [0.29, 0.717) is 0 Å². The van der Waals surface area contributed by atoms with Gasteiger partial charge in [0.15, 0.2) is 0 Å². The summed E-state index contributed by atoms with van der Waals surface area (Å²) in [6, 6.07) is 0. The van der Waals surface area contributed by atoms with Gasteiger partial charge in [-0.3, -0.25) is 0 Å². The topological polar surface area (TPSA) is 34.0 Å². The Labute approximate surface area is 131 Å². The molecule has 0 aliphatic heterocycles. The molecule has 1 saturated carbocycles. The predicted molar refractivity (Wildman–Crippen MR) is 71.7 cm³/mol. The molecule has 1 fully saturated rings. The van der Waals surface area contributed by atoms with Crippen LogP contribution in [0.15, 0.2) is 0 Å². The monoisotopic (exact) mass is 365 g/mol. The Morgan fingerprint density at radius 3 is 1.83 bits per heavy atom. The van der Waals surface area contributed by atoms with Crippen LogP contribution in [0.25, 0.3) is 0 Å². The van der Waals surface area contributed by atoms with E-state index in [1.165, 1.54) is 0 Å². The van der Waals surface area contributed by atoms with Crippen molar-refractivity contribution in [1.82, 2.24) is 5.32 Å². The molecule has 1 aliphatic rings. The summed E-state index contributed by atoms with van der Waals surface area (Å²) in [6.07, 6.45) is 7.88. The summed E-state index contributed by atoms with van der Waals surface area (Å²) >= 11 is -0.826. The van der Waals surface area contributed by atoms with Gasteiger partial charge in [-0.25, -0.2) is 5.11 Å². The van der Waals surface area contributed by atoms with E-state index in [1.807, 2.05) is 60.3 Å². The molecule has 5 heteroatoms. The average molecular weight is 367 g/mol. The quantitative estimate of drug-likeness (QED) is 0.719. The number of rotatable bonds is 3. The van der Waals surface area contributed by atoms with Gasteiger partial charge in [-0.2, -0.15) is 5.32 Å². The van der Waals surface area contributed by atoms with Gasteiger partial charge >= 0.3 is 37.9 Å². The van der Waals surface area contributed by atoms with E-state index in [0.717, 1.165) is 5.92 Å². The molecule has 0 spiro atoms. The Balaban J connectivity index is 0.000000873. The van der Waals surface area contributed by atoms with Crippen LogP contribution in [0.2, 0.25) is 0 Å². The Hall–Kier alpha value is 1.38. The molecule has 0 saturated heterocycles. The van der Waals surface area contributed by atoms with Crippen molar-refractivity contribution in [2.45, 2.75) is 40.2 Å². The molecule has 0 N–H and O–H groups in total. The fraction of sp³-hybridized carbons (Fsp3) is 0.538. The molecule has 2 nitrogen and oxygen atoms in total. The van der Waals surface area contributed by atoms with Crippen LogP contribution in [-0.4, -0.2) is 5.54 Å². The van der Waals surface area contributed by atoms with Crippen LogP contribution in [0.3, 0.4) is 0 Å². The molecule has 0 aromatic heterocycles. The molecule has 18 heavy (non-hydrogen) atoms. The first-order chi connectivity index (χ1) is 8.15. The first kappa shape index (κ1) is 19.4. The molecule has 98 valence electrons. The zero-order valence-electron chi connectivity index (χ0n) is 11.4. The summed E-state index contributed by atoms with van der Waals surface area (Å²) in [4.78, 5) is 0. The fourth-order valence-electron chi connectivity index (χ4n) is 1.27. The molecular weight excluding hydrogens is 348 g/mol. The van der Waals surface area contributed by atoms with Crippen LogP contribution in [0.4, 0.5) is 0 Å². The van der Waals surface area contributed by atoms with Gasteiger partial charge in [-0.05, 0) is 39.5 Å². The second-order valence-electron chi connectivity index (χ2n) is 5.47. The third-order valence-corrected chi connectivity index (χ3v) is 2.39. The van der Waals surface area contributed by atoms with Crippen molar-refractivity contribution in [3.8, 4) is 0 Å². The van der Waals surface area contributed by atoms with Crippen LogP contribution in [0.1, 0.15) is 34.6 Å². The van der Waals surface area contributed by atoms with E-state index in [2.05, 4.69) is 5.32 Å². The Morgan fingerprint density at radius 1 is 1.11 bits per heavy atom. The summed E-state index contributed by atoms with van der Waals surface area (Å²) < 4.78 is 0. The van der Waals surface area contributed by atoms with Gasteiger partial charge in [0.1, 0.15) is 0 Å². The van der Waals surface area contributed by atoms with Crippen molar-refractivity contribution in [3.05, 3.63) is 37.8 Å². The van der Waals surface area contributed by atoms with Gasteiger partial charge < -0.3 is 0 Å². The Bertz CT molecular complexity index is 226. The van der Waals surface area contributed by atoms with Gasteiger partial charge in [0, 0.05) is 16.9 Å². The van der Waals surface area contributed by atoms with E-state index < -0.39 is 31.8 Å². The summed E-state index contributed by atoms with van der Waals surface area (Å²) in [5, 5.41) is 16.1. The van der Waals surface area contributed by atoms with Crippen molar-refractivity contribution in [3.63, 3.8) is 0 Å². The molecule has 0 atom stereocenters. The standard InChI is InChI=1S/C13H19NO.2ClH.Zr/c1-12(2,3)11(15)14-13(4,5)10-8-6-7-9-10;;;/h6-9H,1-5H3;2*1H;/q;;;+4/p-2. The van der Waals surface area contributed by atoms with Crippen LogP contribution in [-0.2, 0) is 26.0 Å². The van der Waals surface area contributed by atoms with E-state index in [-0.39, 0.29) is 6.23 Å². The van der Waals surface area contributed by atoms with E-state index in [9.17, 15) is 5.11 Å². The van der Waals surface area contributed by atoms with Gasteiger partial charge in [-0.1, -0.05) is 20.8 Å². The maximum absolute atomic E-state index is 11.8. The van der Waals surface area contributed by atoms with Crippen molar-refractivity contribution in [1.29, 1.82) is 0 Å². The zero-order chi connectivity index (χ0) is 14.4. The number of hydrogen-bond donors (Lipinski definition) is 0. The number of hydrogen-bond acceptors (Lipinski definition) is 0. The van der Waals surface area contributed by atoms with E-state index in [4.69, 9.17) is 17.0 Å². The molecular formula is C13H19Cl2NOZr+2. The molecule has 0 aromatic rings. The van der Waals surface area contributed by atoms with Gasteiger partial charge in [0.25, 0.3) is 0 Å². The third kappa shape index (κ3) is 7.24. The van der Waals surface area contributed by atoms with Gasteiger partial charge in [0.05, 0.1) is 0 Å². The molecule has 0 unspecified atom stereocenters. The van der Waals surface area contributed by atoms with Crippen molar-refractivity contribution in [2.75, 3.05) is 0 Å². The molecule has 0 heterocycles. The molecule has 1 aliphatic carbocycles. The maximum atomic E-state index is 11.8. The molecule has 8 radical (unpaired) electrons. The normalized spacial score (nSPS) is 17.4. The predicted octanol–water partition coefficient (Wildman–Crippen LogP) is 4.12. The first-order valence-corrected chi connectivity index (χ1v) is 11.9. The minimum absolute atomic E-state index is 0.0475. The Kier molecular flexibility index (Phi) is 9.28. The zero-order valence-corrected chi connectivity index (χ0v) is 15.4. The Morgan fingerprint density at radius 2 is 1.50 bits per heavy atom. The molecule has 1 rings (SSSR count). The van der Waals surface area contributed by atoms with Gasteiger partial charge in [0.2, 0.25) is 6.23 Å². The number of halogens is 2. The molecule has 0 bridgehead atoms. The summed E-state index contributed by atoms with van der Waals surface area (Å²) in [5.41, 5.74) is -0.822. The second kappa shape index (κ2) is 8.62. The summed E-state index contributed by atoms with van der Waals surface area (Å²) in [6.45, 7) is 9.59. The van der Waals surface area contributed by atoms with Crippen molar-refractivity contribution >= 4 is 17.0 Å². The third-order valence-electron chi connectivity index (χ3n) is 2.39. The van der Waals surface area contributed by atoms with Crippen molar-refractivity contribution < 1.29 is 26.0 Å². The van der Waals surface area contributed by atoms with Crippen molar-refractivity contribution in [2.24, 2.45) is 5.41 Å². The van der Waals surface area contributed by atoms with Crippen LogP contribution < -0.4 is 5.32 Å². The minimum atomic E-state index is -0.826. The molecule has 0 aromatic carbocycles. The first-order valence-electron chi connectivity index (χ1n) is 5.61. The summed E-state index contributed by atoms with van der Waals surface area (Å²) in [5.74, 6) is 1.08. The van der Waals surface area contributed by atoms with Gasteiger partial charge in [-0.15, -0.1) is 0 Å². The average Bonchev–Trinajstić information content (AvgIpc) is 2.69. The second-order valence-corrected chi connectivity index (χ2v) is 9.20. The SMILES string of the molecule is CC(C)(C)[C]([O])[N]C(C)(C)[C]1[CH][CH][CH][CH]1.[Cl][Zr+2][Cl]. The summed E-state index contributed by atoms with van der Waals surface area (Å²) in [7, 11) is 9.87. The van der Waals surface area contributed by atoms with Crippen LogP contribution in [0, 0.1) is 43.2 Å². The number of nitrogens with zero attached hydrogens (tertiary/aromatic N) is 1. The molecule has 0 amide bonds. The van der Waals surface area contributed by atoms with E-state index in [1.54, 1.807) is 0 Å². The fourth-order valence-corrected chi connectivity index (χ4v) is 1.27.